The van der Waals surface area contributed by atoms with Crippen LogP contribution in [0.1, 0.15) is 0 Å². The number of hydrogen-bond donors (Lipinski definition) is 2. The highest BCUT2D eigenvalue weighted by Crippen LogP contribution is 2.13. The van der Waals surface area contributed by atoms with E-state index in [2.05, 4.69) is 27.0 Å². The van der Waals surface area contributed by atoms with Crippen LogP contribution in [-0.4, -0.2) is 67.4 Å². The highest BCUT2D eigenvalue weighted by atomic mass is 35.5. The van der Waals surface area contributed by atoms with Crippen molar-refractivity contribution in [2.45, 2.75) is 0 Å². The maximum absolute atomic E-state index is 12.1. The highest BCUT2D eigenvalue weighted by molar-refractivity contribution is 6.30. The largest absolute Gasteiger partial charge is 0.352 e. The number of hydrogen-bond acceptors (Lipinski definition) is 4. The summed E-state index contributed by atoms with van der Waals surface area (Å²) < 4.78 is 0. The molecule has 2 rings (SSSR count). The molecule has 0 saturated carbocycles. The molecule has 1 heterocycles. The van der Waals surface area contributed by atoms with Crippen molar-refractivity contribution in [1.82, 2.24) is 15.1 Å². The molecule has 24 heavy (non-hydrogen) atoms. The lowest BCUT2D eigenvalue weighted by Crippen LogP contribution is -2.51. The van der Waals surface area contributed by atoms with E-state index in [1.54, 1.807) is 30.3 Å². The molecule has 1 aromatic carbocycles. The van der Waals surface area contributed by atoms with Crippen molar-refractivity contribution in [2.75, 3.05) is 51.1 Å². The number of rotatable bonds is 7. The Kier molecular flexibility index (Phi) is 7.24. The Balaban J connectivity index is 1.68. The van der Waals surface area contributed by atoms with E-state index < -0.39 is 0 Å². The van der Waals surface area contributed by atoms with Crippen molar-refractivity contribution in [2.24, 2.45) is 0 Å². The zero-order valence-corrected chi connectivity index (χ0v) is 14.4. The molecular formula is C17H23ClN4O2. The van der Waals surface area contributed by atoms with Gasteiger partial charge in [-0.1, -0.05) is 17.7 Å². The van der Waals surface area contributed by atoms with Gasteiger partial charge in [-0.05, 0) is 24.3 Å². The zero-order valence-electron chi connectivity index (χ0n) is 13.6. The van der Waals surface area contributed by atoms with Crippen LogP contribution in [0.2, 0.25) is 5.02 Å². The van der Waals surface area contributed by atoms with Gasteiger partial charge < -0.3 is 10.6 Å². The molecule has 6 nitrogen and oxygen atoms in total. The maximum Gasteiger partial charge on any atom is 0.238 e. The molecule has 7 heteroatoms. The average molecular weight is 351 g/mol. The van der Waals surface area contributed by atoms with E-state index >= 15 is 0 Å². The SMILES string of the molecule is C=CCNC(=O)CN1CCN(CC(=O)Nc2ccc(Cl)cc2)CC1. The molecule has 1 aromatic rings. The van der Waals surface area contributed by atoms with E-state index in [1.807, 2.05) is 0 Å². The number of anilines is 1. The van der Waals surface area contributed by atoms with E-state index in [0.717, 1.165) is 31.9 Å². The Labute approximate surface area is 147 Å². The van der Waals surface area contributed by atoms with Crippen molar-refractivity contribution >= 4 is 29.1 Å². The summed E-state index contributed by atoms with van der Waals surface area (Å²) in [6.45, 7) is 7.88. The van der Waals surface area contributed by atoms with Crippen LogP contribution >= 0.6 is 11.6 Å². The van der Waals surface area contributed by atoms with Gasteiger partial charge >= 0.3 is 0 Å². The quantitative estimate of drug-likeness (QED) is 0.725. The Morgan fingerprint density at radius 2 is 1.58 bits per heavy atom. The fourth-order valence-electron chi connectivity index (χ4n) is 2.49. The van der Waals surface area contributed by atoms with Crippen LogP contribution in [0.15, 0.2) is 36.9 Å². The van der Waals surface area contributed by atoms with Crippen molar-refractivity contribution in [1.29, 1.82) is 0 Å². The molecule has 1 aliphatic heterocycles. The van der Waals surface area contributed by atoms with E-state index in [4.69, 9.17) is 11.6 Å². The number of nitrogens with zero attached hydrogens (tertiary/aromatic N) is 2. The normalized spacial score (nSPS) is 15.7. The molecule has 0 atom stereocenters. The fourth-order valence-corrected chi connectivity index (χ4v) is 2.61. The molecule has 130 valence electrons. The van der Waals surface area contributed by atoms with Crippen LogP contribution in [-0.2, 0) is 9.59 Å². The van der Waals surface area contributed by atoms with Crippen molar-refractivity contribution < 1.29 is 9.59 Å². The van der Waals surface area contributed by atoms with Gasteiger partial charge in [-0.2, -0.15) is 0 Å². The zero-order chi connectivity index (χ0) is 17.4. The molecule has 0 spiro atoms. The molecule has 0 bridgehead atoms. The predicted octanol–water partition coefficient (Wildman–Crippen LogP) is 1.20. The summed E-state index contributed by atoms with van der Waals surface area (Å²) >= 11 is 5.82. The molecule has 0 radical (unpaired) electrons. The lowest BCUT2D eigenvalue weighted by Gasteiger charge is -2.33. The van der Waals surface area contributed by atoms with Gasteiger partial charge in [0.25, 0.3) is 0 Å². The number of carbonyl (C=O) groups is 2. The van der Waals surface area contributed by atoms with Gasteiger partial charge in [-0.15, -0.1) is 6.58 Å². The van der Waals surface area contributed by atoms with Gasteiger partial charge in [0, 0.05) is 43.4 Å². The summed E-state index contributed by atoms with van der Waals surface area (Å²) in [5.74, 6) is -0.0432. The second kappa shape index (κ2) is 9.42. The lowest BCUT2D eigenvalue weighted by atomic mass is 10.3. The van der Waals surface area contributed by atoms with E-state index in [0.29, 0.717) is 24.7 Å². The fraction of sp³-hybridized carbons (Fsp3) is 0.412. The Hall–Kier alpha value is -1.89. The first-order valence-electron chi connectivity index (χ1n) is 7.94. The van der Waals surface area contributed by atoms with Crippen LogP contribution in [0.25, 0.3) is 0 Å². The molecular weight excluding hydrogens is 328 g/mol. The average Bonchev–Trinajstić information content (AvgIpc) is 2.57. The summed E-state index contributed by atoms with van der Waals surface area (Å²) in [5, 5.41) is 6.27. The third-order valence-corrected chi connectivity index (χ3v) is 4.02. The van der Waals surface area contributed by atoms with Gasteiger partial charge in [0.2, 0.25) is 11.8 Å². The number of piperazine rings is 1. The monoisotopic (exact) mass is 350 g/mol. The standard InChI is InChI=1S/C17H23ClN4O2/c1-2-7-19-16(23)12-21-8-10-22(11-9-21)13-17(24)20-15-5-3-14(18)4-6-15/h2-6H,1,7-13H2,(H,19,23)(H,20,24). The second-order valence-electron chi connectivity index (χ2n) is 5.70. The third-order valence-electron chi connectivity index (χ3n) is 3.77. The summed E-state index contributed by atoms with van der Waals surface area (Å²) in [6.07, 6.45) is 1.66. The summed E-state index contributed by atoms with van der Waals surface area (Å²) in [7, 11) is 0. The molecule has 1 fully saturated rings. The van der Waals surface area contributed by atoms with Crippen LogP contribution in [0.3, 0.4) is 0 Å². The number of amides is 2. The van der Waals surface area contributed by atoms with Crippen LogP contribution in [0.5, 0.6) is 0 Å². The third kappa shape index (κ3) is 6.31. The van der Waals surface area contributed by atoms with E-state index in [9.17, 15) is 9.59 Å². The lowest BCUT2D eigenvalue weighted by molar-refractivity contribution is -0.123. The van der Waals surface area contributed by atoms with E-state index in [-0.39, 0.29) is 11.8 Å². The van der Waals surface area contributed by atoms with Gasteiger partial charge in [0.1, 0.15) is 0 Å². The van der Waals surface area contributed by atoms with Crippen LogP contribution in [0, 0.1) is 0 Å². The number of carbonyl (C=O) groups excluding carboxylic acids is 2. The maximum atomic E-state index is 12.1. The summed E-state index contributed by atoms with van der Waals surface area (Å²) in [5.41, 5.74) is 0.738. The number of benzene rings is 1. The Morgan fingerprint density at radius 3 is 2.12 bits per heavy atom. The topological polar surface area (TPSA) is 64.7 Å². The first kappa shape index (κ1) is 18.4. The van der Waals surface area contributed by atoms with Crippen molar-refractivity contribution in [3.05, 3.63) is 41.9 Å². The van der Waals surface area contributed by atoms with E-state index in [1.165, 1.54) is 0 Å². The molecule has 0 unspecified atom stereocenters. The molecule has 2 N–H and O–H groups in total. The smallest absolute Gasteiger partial charge is 0.238 e. The number of nitrogens with one attached hydrogen (secondary N) is 2. The Bertz CT molecular complexity index is 568. The van der Waals surface area contributed by atoms with Gasteiger partial charge in [0.15, 0.2) is 0 Å². The summed E-state index contributed by atoms with van der Waals surface area (Å²) in [6, 6.07) is 7.04. The molecule has 1 aliphatic rings. The van der Waals surface area contributed by atoms with Crippen molar-refractivity contribution in [3.63, 3.8) is 0 Å². The van der Waals surface area contributed by atoms with Gasteiger partial charge in [0.05, 0.1) is 13.1 Å². The minimum absolute atomic E-state index is 0.00355. The first-order valence-corrected chi connectivity index (χ1v) is 8.32. The molecule has 1 saturated heterocycles. The van der Waals surface area contributed by atoms with Gasteiger partial charge in [-0.3, -0.25) is 19.4 Å². The van der Waals surface area contributed by atoms with Crippen LogP contribution < -0.4 is 10.6 Å². The van der Waals surface area contributed by atoms with Crippen molar-refractivity contribution in [3.8, 4) is 0 Å². The van der Waals surface area contributed by atoms with Gasteiger partial charge in [-0.25, -0.2) is 0 Å². The molecule has 0 aromatic heterocycles. The minimum atomic E-state index is -0.0468. The predicted molar refractivity (Wildman–Crippen MR) is 96.2 cm³/mol. The Morgan fingerprint density at radius 1 is 1.04 bits per heavy atom. The highest BCUT2D eigenvalue weighted by Gasteiger charge is 2.20. The second-order valence-corrected chi connectivity index (χ2v) is 6.14. The first-order chi connectivity index (χ1) is 11.6. The van der Waals surface area contributed by atoms with Crippen LogP contribution in [0.4, 0.5) is 5.69 Å². The molecule has 0 aliphatic carbocycles. The number of halogens is 1. The minimum Gasteiger partial charge on any atom is -0.352 e. The molecule has 2 amide bonds. The summed E-state index contributed by atoms with van der Waals surface area (Å²) in [4.78, 5) is 27.9.